The van der Waals surface area contributed by atoms with E-state index in [4.69, 9.17) is 21.1 Å². The molecule has 1 rings (SSSR count). The maximum Gasteiger partial charge on any atom is 0.125 e. The first-order valence-corrected chi connectivity index (χ1v) is 4.95. The molecule has 3 nitrogen and oxygen atoms in total. The van der Waals surface area contributed by atoms with Crippen LogP contribution in [0.15, 0.2) is 12.3 Å². The maximum atomic E-state index is 5.72. The van der Waals surface area contributed by atoms with Crippen molar-refractivity contribution >= 4 is 11.6 Å². The van der Waals surface area contributed by atoms with Crippen LogP contribution in [0.4, 0.5) is 0 Å². The molecule has 0 amide bonds. The molecule has 0 aromatic carbocycles. The number of alkyl halides is 1. The summed E-state index contributed by atoms with van der Waals surface area (Å²) in [4.78, 5) is 4.14. The molecule has 0 radical (unpaired) electrons. The van der Waals surface area contributed by atoms with Crippen LogP contribution in [0.2, 0.25) is 0 Å². The van der Waals surface area contributed by atoms with Crippen LogP contribution in [-0.4, -0.2) is 25.3 Å². The minimum Gasteiger partial charge on any atom is -0.491 e. The fraction of sp³-hybridized carbons (Fsp3) is 0.500. The molecule has 0 saturated heterocycles. The molecule has 0 unspecified atom stereocenters. The predicted octanol–water partition coefficient (Wildman–Crippen LogP) is 2.15. The van der Waals surface area contributed by atoms with Gasteiger partial charge in [-0.05, 0) is 13.0 Å². The molecule has 0 aliphatic heterocycles. The predicted molar refractivity (Wildman–Crippen MR) is 55.9 cm³/mol. The summed E-state index contributed by atoms with van der Waals surface area (Å²) in [7, 11) is 1.65. The summed E-state index contributed by atoms with van der Waals surface area (Å²) < 4.78 is 10.4. The monoisotopic (exact) mass is 215 g/mol. The van der Waals surface area contributed by atoms with Gasteiger partial charge in [0.1, 0.15) is 12.4 Å². The Morgan fingerprint density at radius 2 is 2.21 bits per heavy atom. The van der Waals surface area contributed by atoms with Crippen LogP contribution in [0.3, 0.4) is 0 Å². The number of pyridine rings is 1. The van der Waals surface area contributed by atoms with E-state index in [0.29, 0.717) is 19.1 Å². The van der Waals surface area contributed by atoms with Crippen LogP contribution >= 0.6 is 11.6 Å². The minimum atomic E-state index is 0.410. The van der Waals surface area contributed by atoms with E-state index in [0.717, 1.165) is 17.0 Å². The molecule has 1 heterocycles. The Bertz CT molecular complexity index is 291. The largest absolute Gasteiger partial charge is 0.491 e. The van der Waals surface area contributed by atoms with Gasteiger partial charge in [-0.15, -0.1) is 11.6 Å². The van der Waals surface area contributed by atoms with Gasteiger partial charge in [0, 0.05) is 18.9 Å². The third-order valence-electron chi connectivity index (χ3n) is 1.93. The van der Waals surface area contributed by atoms with Gasteiger partial charge in [0.25, 0.3) is 0 Å². The summed E-state index contributed by atoms with van der Waals surface area (Å²) in [5.74, 6) is 1.24. The van der Waals surface area contributed by atoms with E-state index in [-0.39, 0.29) is 0 Å². The van der Waals surface area contributed by atoms with Crippen molar-refractivity contribution in [3.63, 3.8) is 0 Å². The van der Waals surface area contributed by atoms with Crippen molar-refractivity contribution in [3.8, 4) is 5.75 Å². The van der Waals surface area contributed by atoms with Gasteiger partial charge in [0.2, 0.25) is 0 Å². The van der Waals surface area contributed by atoms with Gasteiger partial charge in [0.15, 0.2) is 0 Å². The molecule has 0 bridgehead atoms. The van der Waals surface area contributed by atoms with Gasteiger partial charge in [-0.3, -0.25) is 4.98 Å². The lowest BCUT2D eigenvalue weighted by Gasteiger charge is -2.10. The highest BCUT2D eigenvalue weighted by molar-refractivity contribution is 6.17. The van der Waals surface area contributed by atoms with E-state index in [2.05, 4.69) is 4.98 Å². The summed E-state index contributed by atoms with van der Waals surface area (Å²) in [6.45, 7) is 3.08. The van der Waals surface area contributed by atoms with E-state index in [9.17, 15) is 0 Å². The molecule has 0 spiro atoms. The average molecular weight is 216 g/mol. The molecule has 0 N–H and O–H groups in total. The summed E-state index contributed by atoms with van der Waals surface area (Å²) in [5.41, 5.74) is 1.86. The summed E-state index contributed by atoms with van der Waals surface area (Å²) in [6, 6.07) is 1.83. The van der Waals surface area contributed by atoms with Crippen LogP contribution in [0.25, 0.3) is 0 Å². The molecule has 14 heavy (non-hydrogen) atoms. The number of hydrogen-bond acceptors (Lipinski definition) is 3. The fourth-order valence-corrected chi connectivity index (χ4v) is 1.35. The quantitative estimate of drug-likeness (QED) is 0.557. The lowest BCUT2D eigenvalue weighted by Crippen LogP contribution is -2.06. The van der Waals surface area contributed by atoms with E-state index < -0.39 is 0 Å². The fourth-order valence-electron chi connectivity index (χ4n) is 1.09. The standard InChI is InChI=1S/C10H14ClNO2/c1-8-9(7-11)12-4-3-10(8)14-6-5-13-2/h3-4H,5-7H2,1-2H3. The Hall–Kier alpha value is -0.800. The number of aromatic nitrogens is 1. The van der Waals surface area contributed by atoms with E-state index >= 15 is 0 Å². The molecule has 4 heteroatoms. The Labute approximate surface area is 89.0 Å². The first-order valence-electron chi connectivity index (χ1n) is 4.41. The lowest BCUT2D eigenvalue weighted by atomic mass is 10.2. The van der Waals surface area contributed by atoms with Crippen molar-refractivity contribution in [3.05, 3.63) is 23.5 Å². The van der Waals surface area contributed by atoms with Crippen molar-refractivity contribution in [2.24, 2.45) is 0 Å². The minimum absolute atomic E-state index is 0.410. The van der Waals surface area contributed by atoms with Crippen molar-refractivity contribution in [2.75, 3.05) is 20.3 Å². The van der Waals surface area contributed by atoms with Crippen molar-refractivity contribution in [2.45, 2.75) is 12.8 Å². The SMILES string of the molecule is COCCOc1ccnc(CCl)c1C. The zero-order chi connectivity index (χ0) is 10.4. The Morgan fingerprint density at radius 1 is 1.43 bits per heavy atom. The number of rotatable bonds is 5. The summed E-state index contributed by atoms with van der Waals surface area (Å²) >= 11 is 5.72. The molecule has 0 fully saturated rings. The lowest BCUT2D eigenvalue weighted by molar-refractivity contribution is 0.146. The Kier molecular flexibility index (Phi) is 4.70. The van der Waals surface area contributed by atoms with E-state index in [1.54, 1.807) is 13.3 Å². The number of methoxy groups -OCH3 is 1. The second-order valence-corrected chi connectivity index (χ2v) is 3.12. The van der Waals surface area contributed by atoms with Crippen LogP contribution in [0, 0.1) is 6.92 Å². The molecule has 1 aromatic rings. The van der Waals surface area contributed by atoms with Crippen molar-refractivity contribution in [1.29, 1.82) is 0 Å². The molecule has 0 aliphatic carbocycles. The highest BCUT2D eigenvalue weighted by atomic mass is 35.5. The molecule has 78 valence electrons. The number of halogens is 1. The third-order valence-corrected chi connectivity index (χ3v) is 2.18. The third kappa shape index (κ3) is 2.86. The molecular weight excluding hydrogens is 202 g/mol. The van der Waals surface area contributed by atoms with Crippen molar-refractivity contribution < 1.29 is 9.47 Å². The maximum absolute atomic E-state index is 5.72. The summed E-state index contributed by atoms with van der Waals surface area (Å²) in [6.07, 6.45) is 1.70. The number of ether oxygens (including phenoxy) is 2. The van der Waals surface area contributed by atoms with Crippen LogP contribution < -0.4 is 4.74 Å². The second-order valence-electron chi connectivity index (χ2n) is 2.86. The van der Waals surface area contributed by atoms with E-state index in [1.807, 2.05) is 13.0 Å². The zero-order valence-corrected chi connectivity index (χ0v) is 9.17. The van der Waals surface area contributed by atoms with Gasteiger partial charge in [-0.25, -0.2) is 0 Å². The first kappa shape index (κ1) is 11.3. The molecule has 1 aromatic heterocycles. The normalized spacial score (nSPS) is 10.2. The molecule has 0 aliphatic rings. The number of hydrogen-bond donors (Lipinski definition) is 0. The summed E-state index contributed by atoms with van der Waals surface area (Å²) in [5, 5.41) is 0. The molecule has 0 saturated carbocycles. The topological polar surface area (TPSA) is 31.4 Å². The van der Waals surface area contributed by atoms with Crippen LogP contribution in [-0.2, 0) is 10.6 Å². The Morgan fingerprint density at radius 3 is 2.86 bits per heavy atom. The second kappa shape index (κ2) is 5.83. The highest BCUT2D eigenvalue weighted by Crippen LogP contribution is 2.20. The van der Waals surface area contributed by atoms with Gasteiger partial charge in [0.05, 0.1) is 18.2 Å². The Balaban J connectivity index is 2.66. The van der Waals surface area contributed by atoms with Gasteiger partial charge in [-0.1, -0.05) is 0 Å². The molecular formula is C10H14ClNO2. The average Bonchev–Trinajstić information content (AvgIpc) is 2.21. The van der Waals surface area contributed by atoms with E-state index in [1.165, 1.54) is 0 Å². The van der Waals surface area contributed by atoms with Gasteiger partial charge >= 0.3 is 0 Å². The van der Waals surface area contributed by atoms with Crippen molar-refractivity contribution in [1.82, 2.24) is 4.98 Å². The smallest absolute Gasteiger partial charge is 0.125 e. The molecule has 0 atom stereocenters. The van der Waals surface area contributed by atoms with Gasteiger partial charge < -0.3 is 9.47 Å². The van der Waals surface area contributed by atoms with Crippen LogP contribution in [0.1, 0.15) is 11.3 Å². The van der Waals surface area contributed by atoms with Gasteiger partial charge in [-0.2, -0.15) is 0 Å². The van der Waals surface area contributed by atoms with Crippen LogP contribution in [0.5, 0.6) is 5.75 Å². The highest BCUT2D eigenvalue weighted by Gasteiger charge is 2.04. The zero-order valence-electron chi connectivity index (χ0n) is 8.42. The number of nitrogens with zero attached hydrogens (tertiary/aromatic N) is 1. The first-order chi connectivity index (χ1) is 6.79.